The first-order chi connectivity index (χ1) is 10.5. The van der Waals surface area contributed by atoms with Crippen molar-refractivity contribution in [1.82, 2.24) is 5.32 Å². The van der Waals surface area contributed by atoms with Crippen LogP contribution in [0.5, 0.6) is 5.75 Å². The van der Waals surface area contributed by atoms with Crippen molar-refractivity contribution in [2.24, 2.45) is 0 Å². The molecule has 2 aromatic rings. The Balaban J connectivity index is 1.91. The van der Waals surface area contributed by atoms with E-state index in [-0.39, 0.29) is 24.3 Å². The van der Waals surface area contributed by atoms with Crippen molar-refractivity contribution >= 4 is 5.91 Å². The average molecular weight is 301 g/mol. The highest BCUT2D eigenvalue weighted by Crippen LogP contribution is 2.17. The molecule has 4 heteroatoms. The Morgan fingerprint density at radius 1 is 1.18 bits per heavy atom. The summed E-state index contributed by atoms with van der Waals surface area (Å²) in [5, 5.41) is 2.85. The van der Waals surface area contributed by atoms with Crippen molar-refractivity contribution < 1.29 is 13.9 Å². The Morgan fingerprint density at radius 3 is 2.59 bits per heavy atom. The van der Waals surface area contributed by atoms with Gasteiger partial charge in [0.1, 0.15) is 0 Å². The zero-order valence-electron chi connectivity index (χ0n) is 13.0. The van der Waals surface area contributed by atoms with Crippen molar-refractivity contribution in [3.63, 3.8) is 0 Å². The van der Waals surface area contributed by atoms with Crippen LogP contribution in [-0.4, -0.2) is 12.5 Å². The van der Waals surface area contributed by atoms with Crippen LogP contribution in [0.2, 0.25) is 0 Å². The molecule has 0 saturated heterocycles. The number of aryl methyl sites for hydroxylation is 2. The summed E-state index contributed by atoms with van der Waals surface area (Å²) >= 11 is 0. The highest BCUT2D eigenvalue weighted by atomic mass is 19.1. The first kappa shape index (κ1) is 16.0. The molecule has 0 aliphatic rings. The molecule has 0 heterocycles. The predicted molar refractivity (Wildman–Crippen MR) is 84.4 cm³/mol. The smallest absolute Gasteiger partial charge is 0.258 e. The standard InChI is InChI=1S/C18H20FNO2/c1-12-8-9-15(10-13(12)2)14(3)20-18(21)11-22-17-7-5-4-6-16(17)19/h4-10,14H,11H2,1-3H3,(H,20,21)/t14-/m0/s1. The zero-order valence-corrected chi connectivity index (χ0v) is 13.0. The molecular weight excluding hydrogens is 281 g/mol. The molecule has 2 aromatic carbocycles. The first-order valence-electron chi connectivity index (χ1n) is 7.21. The number of nitrogens with one attached hydrogen (secondary N) is 1. The van der Waals surface area contributed by atoms with E-state index in [9.17, 15) is 9.18 Å². The summed E-state index contributed by atoms with van der Waals surface area (Å²) in [4.78, 5) is 11.9. The van der Waals surface area contributed by atoms with Crippen LogP contribution in [-0.2, 0) is 4.79 Å². The van der Waals surface area contributed by atoms with Crippen molar-refractivity contribution in [1.29, 1.82) is 0 Å². The number of halogens is 1. The van der Waals surface area contributed by atoms with Crippen molar-refractivity contribution in [3.05, 3.63) is 65.0 Å². The second-order valence-electron chi connectivity index (χ2n) is 5.35. The quantitative estimate of drug-likeness (QED) is 0.914. The summed E-state index contributed by atoms with van der Waals surface area (Å²) in [5.74, 6) is -0.678. The topological polar surface area (TPSA) is 38.3 Å². The third-order valence-electron chi connectivity index (χ3n) is 3.60. The molecule has 2 rings (SSSR count). The highest BCUT2D eigenvalue weighted by Gasteiger charge is 2.11. The molecule has 1 N–H and O–H groups in total. The van der Waals surface area contributed by atoms with Crippen molar-refractivity contribution in [2.45, 2.75) is 26.8 Å². The highest BCUT2D eigenvalue weighted by molar-refractivity contribution is 5.78. The lowest BCUT2D eigenvalue weighted by Crippen LogP contribution is -2.31. The maximum Gasteiger partial charge on any atom is 0.258 e. The Labute approximate surface area is 130 Å². The number of rotatable bonds is 5. The lowest BCUT2D eigenvalue weighted by atomic mass is 10.0. The number of carbonyl (C=O) groups is 1. The molecule has 0 bridgehead atoms. The molecule has 0 spiro atoms. The maximum atomic E-state index is 13.4. The Morgan fingerprint density at radius 2 is 1.91 bits per heavy atom. The number of hydrogen-bond donors (Lipinski definition) is 1. The van der Waals surface area contributed by atoms with Gasteiger partial charge in [0.25, 0.3) is 5.91 Å². The van der Waals surface area contributed by atoms with Gasteiger partial charge in [0.15, 0.2) is 18.2 Å². The van der Waals surface area contributed by atoms with Crippen LogP contribution in [0.1, 0.15) is 29.7 Å². The summed E-state index contributed by atoms with van der Waals surface area (Å²) in [6, 6.07) is 12.0. The van der Waals surface area contributed by atoms with Crippen LogP contribution in [0.25, 0.3) is 0 Å². The fourth-order valence-corrected chi connectivity index (χ4v) is 2.11. The van der Waals surface area contributed by atoms with Gasteiger partial charge >= 0.3 is 0 Å². The van der Waals surface area contributed by atoms with E-state index < -0.39 is 5.82 Å². The molecule has 22 heavy (non-hydrogen) atoms. The Hall–Kier alpha value is -2.36. The van der Waals surface area contributed by atoms with Crippen molar-refractivity contribution in [2.75, 3.05) is 6.61 Å². The second kappa shape index (κ2) is 7.07. The molecule has 0 aromatic heterocycles. The number of carbonyl (C=O) groups excluding carboxylic acids is 1. The minimum Gasteiger partial charge on any atom is -0.481 e. The van der Waals surface area contributed by atoms with Gasteiger partial charge in [0, 0.05) is 0 Å². The number of amides is 1. The van der Waals surface area contributed by atoms with Gasteiger partial charge in [0.05, 0.1) is 6.04 Å². The van der Waals surface area contributed by atoms with Crippen LogP contribution in [0, 0.1) is 19.7 Å². The summed E-state index contributed by atoms with van der Waals surface area (Å²) in [6.07, 6.45) is 0. The lowest BCUT2D eigenvalue weighted by Gasteiger charge is -2.16. The SMILES string of the molecule is Cc1ccc([C@H](C)NC(=O)COc2ccccc2F)cc1C. The van der Waals surface area contributed by atoms with Crippen LogP contribution in [0.4, 0.5) is 4.39 Å². The van der Waals surface area contributed by atoms with Gasteiger partial charge in [-0.1, -0.05) is 30.3 Å². The lowest BCUT2D eigenvalue weighted by molar-refractivity contribution is -0.123. The van der Waals surface area contributed by atoms with E-state index in [1.807, 2.05) is 32.9 Å². The zero-order chi connectivity index (χ0) is 16.1. The first-order valence-corrected chi connectivity index (χ1v) is 7.21. The number of benzene rings is 2. The van der Waals surface area contributed by atoms with Crippen LogP contribution >= 0.6 is 0 Å². The summed E-state index contributed by atoms with van der Waals surface area (Å²) in [6.45, 7) is 5.78. The fourth-order valence-electron chi connectivity index (χ4n) is 2.11. The predicted octanol–water partition coefficient (Wildman–Crippen LogP) is 3.70. The minimum absolute atomic E-state index is 0.0801. The van der Waals surface area contributed by atoms with E-state index >= 15 is 0 Å². The maximum absolute atomic E-state index is 13.4. The van der Waals surface area contributed by atoms with Gasteiger partial charge in [-0.15, -0.1) is 0 Å². The molecular formula is C18H20FNO2. The minimum atomic E-state index is -0.475. The van der Waals surface area contributed by atoms with E-state index in [2.05, 4.69) is 11.4 Å². The molecule has 0 unspecified atom stereocenters. The van der Waals surface area contributed by atoms with Crippen LogP contribution in [0.3, 0.4) is 0 Å². The average Bonchev–Trinajstić information content (AvgIpc) is 2.49. The molecule has 3 nitrogen and oxygen atoms in total. The van der Waals surface area contributed by atoms with Gasteiger partial charge in [0.2, 0.25) is 0 Å². The van der Waals surface area contributed by atoms with E-state index in [0.717, 1.165) is 5.56 Å². The van der Waals surface area contributed by atoms with E-state index in [1.54, 1.807) is 12.1 Å². The van der Waals surface area contributed by atoms with Gasteiger partial charge < -0.3 is 10.1 Å². The normalized spacial score (nSPS) is 11.8. The monoisotopic (exact) mass is 301 g/mol. The number of hydrogen-bond acceptors (Lipinski definition) is 2. The molecule has 0 aliphatic carbocycles. The fraction of sp³-hybridized carbons (Fsp3) is 0.278. The summed E-state index contributed by atoms with van der Waals surface area (Å²) < 4.78 is 18.6. The van der Waals surface area contributed by atoms with Gasteiger partial charge in [-0.3, -0.25) is 4.79 Å². The number of para-hydroxylation sites is 1. The van der Waals surface area contributed by atoms with Gasteiger partial charge in [-0.25, -0.2) is 4.39 Å². The molecule has 1 amide bonds. The van der Waals surface area contributed by atoms with Crippen LogP contribution < -0.4 is 10.1 Å². The largest absolute Gasteiger partial charge is 0.481 e. The van der Waals surface area contributed by atoms with Gasteiger partial charge in [-0.2, -0.15) is 0 Å². The molecule has 116 valence electrons. The molecule has 1 atom stereocenters. The molecule has 0 fully saturated rings. The second-order valence-corrected chi connectivity index (χ2v) is 5.35. The van der Waals surface area contributed by atoms with Crippen molar-refractivity contribution in [3.8, 4) is 5.75 Å². The summed E-state index contributed by atoms with van der Waals surface area (Å²) in [5.41, 5.74) is 3.42. The van der Waals surface area contributed by atoms with Gasteiger partial charge in [-0.05, 0) is 49.6 Å². The Bertz CT molecular complexity index is 670. The Kier molecular flexibility index (Phi) is 5.15. The van der Waals surface area contributed by atoms with E-state index in [0.29, 0.717) is 0 Å². The molecule has 0 saturated carbocycles. The van der Waals surface area contributed by atoms with E-state index in [1.165, 1.54) is 23.3 Å². The molecule has 0 radical (unpaired) electrons. The van der Waals surface area contributed by atoms with E-state index in [4.69, 9.17) is 4.74 Å². The van der Waals surface area contributed by atoms with Crippen LogP contribution in [0.15, 0.2) is 42.5 Å². The summed E-state index contributed by atoms with van der Waals surface area (Å²) in [7, 11) is 0. The third-order valence-corrected chi connectivity index (χ3v) is 3.60. The molecule has 0 aliphatic heterocycles. The number of ether oxygens (including phenoxy) is 1. The third kappa shape index (κ3) is 4.07.